The van der Waals surface area contributed by atoms with Crippen LogP contribution in [0.4, 0.5) is 0 Å². The number of hydrogen-bond acceptors (Lipinski definition) is 3. The van der Waals surface area contributed by atoms with Crippen molar-refractivity contribution in [2.24, 2.45) is 11.1 Å². The summed E-state index contributed by atoms with van der Waals surface area (Å²) in [7, 11) is 2.11. The molecule has 0 aliphatic carbocycles. The zero-order valence-corrected chi connectivity index (χ0v) is 12.1. The molecule has 0 bridgehead atoms. The van der Waals surface area contributed by atoms with Gasteiger partial charge in [-0.3, -0.25) is 0 Å². The number of aryl methyl sites for hydroxylation is 1. The van der Waals surface area contributed by atoms with Crippen molar-refractivity contribution in [3.05, 3.63) is 29.8 Å². The normalized spacial score (nSPS) is 11.9. The molecule has 0 unspecified atom stereocenters. The van der Waals surface area contributed by atoms with Crippen LogP contribution in [0.3, 0.4) is 0 Å². The van der Waals surface area contributed by atoms with Gasteiger partial charge in [-0.2, -0.15) is 0 Å². The summed E-state index contributed by atoms with van der Waals surface area (Å²) in [5.41, 5.74) is 7.15. The standard InChI is InChI=1S/C15H26N2O/c1-13-5-7-14(8-6-13)18-10-9-17(4)12-15(2,3)11-16/h5-8H,9-12,16H2,1-4H3. The zero-order chi connectivity index (χ0) is 13.6. The van der Waals surface area contributed by atoms with Gasteiger partial charge in [0.15, 0.2) is 0 Å². The Kier molecular flexibility index (Phi) is 5.63. The SMILES string of the molecule is Cc1ccc(OCCN(C)CC(C)(C)CN)cc1. The molecule has 2 N–H and O–H groups in total. The molecule has 1 aromatic carbocycles. The molecule has 0 aromatic heterocycles. The van der Waals surface area contributed by atoms with Crippen LogP contribution in [0, 0.1) is 12.3 Å². The van der Waals surface area contributed by atoms with E-state index in [1.807, 2.05) is 12.1 Å². The molecule has 1 aromatic rings. The Balaban J connectivity index is 2.27. The Morgan fingerprint density at radius 2 is 1.83 bits per heavy atom. The number of rotatable bonds is 7. The van der Waals surface area contributed by atoms with Gasteiger partial charge in [0.2, 0.25) is 0 Å². The maximum atomic E-state index is 5.73. The fourth-order valence-corrected chi connectivity index (χ4v) is 1.83. The summed E-state index contributed by atoms with van der Waals surface area (Å²) < 4.78 is 5.71. The van der Waals surface area contributed by atoms with Gasteiger partial charge in [-0.25, -0.2) is 0 Å². The summed E-state index contributed by atoms with van der Waals surface area (Å²) in [4.78, 5) is 2.26. The molecule has 0 heterocycles. The minimum atomic E-state index is 0.165. The Bertz CT molecular complexity index is 346. The molecule has 0 atom stereocenters. The Morgan fingerprint density at radius 3 is 2.39 bits per heavy atom. The van der Waals surface area contributed by atoms with E-state index >= 15 is 0 Å². The van der Waals surface area contributed by atoms with Gasteiger partial charge >= 0.3 is 0 Å². The molecule has 3 nitrogen and oxygen atoms in total. The van der Waals surface area contributed by atoms with E-state index in [1.165, 1.54) is 5.56 Å². The fourth-order valence-electron chi connectivity index (χ4n) is 1.83. The molecule has 18 heavy (non-hydrogen) atoms. The van der Waals surface area contributed by atoms with Gasteiger partial charge in [-0.15, -0.1) is 0 Å². The van der Waals surface area contributed by atoms with E-state index in [0.29, 0.717) is 13.2 Å². The first-order valence-electron chi connectivity index (χ1n) is 6.51. The second-order valence-electron chi connectivity index (χ2n) is 5.77. The van der Waals surface area contributed by atoms with Crippen molar-refractivity contribution in [3.63, 3.8) is 0 Å². The van der Waals surface area contributed by atoms with Crippen molar-refractivity contribution in [3.8, 4) is 5.75 Å². The van der Waals surface area contributed by atoms with Gasteiger partial charge < -0.3 is 15.4 Å². The Hall–Kier alpha value is -1.06. The van der Waals surface area contributed by atoms with Crippen LogP contribution in [0.2, 0.25) is 0 Å². The second-order valence-corrected chi connectivity index (χ2v) is 5.77. The van der Waals surface area contributed by atoms with E-state index in [0.717, 1.165) is 18.8 Å². The maximum Gasteiger partial charge on any atom is 0.119 e. The monoisotopic (exact) mass is 250 g/mol. The van der Waals surface area contributed by atoms with E-state index in [9.17, 15) is 0 Å². The predicted molar refractivity (Wildman–Crippen MR) is 77.0 cm³/mol. The van der Waals surface area contributed by atoms with Crippen molar-refractivity contribution < 1.29 is 4.74 Å². The summed E-state index contributed by atoms with van der Waals surface area (Å²) in [6, 6.07) is 8.16. The van der Waals surface area contributed by atoms with E-state index in [-0.39, 0.29) is 5.41 Å². The summed E-state index contributed by atoms with van der Waals surface area (Å²) in [6.45, 7) is 9.76. The summed E-state index contributed by atoms with van der Waals surface area (Å²) in [6.07, 6.45) is 0. The number of likely N-dealkylation sites (N-methyl/N-ethyl adjacent to an activating group) is 1. The number of nitrogens with zero attached hydrogens (tertiary/aromatic N) is 1. The van der Waals surface area contributed by atoms with Crippen molar-refractivity contribution in [2.75, 3.05) is 33.3 Å². The van der Waals surface area contributed by atoms with Crippen LogP contribution in [0.1, 0.15) is 19.4 Å². The van der Waals surface area contributed by atoms with Crippen LogP contribution < -0.4 is 10.5 Å². The third kappa shape index (κ3) is 5.52. The van der Waals surface area contributed by atoms with Crippen LogP contribution in [-0.4, -0.2) is 38.2 Å². The maximum absolute atomic E-state index is 5.73. The molecule has 0 saturated heterocycles. The van der Waals surface area contributed by atoms with Gasteiger partial charge in [0.25, 0.3) is 0 Å². The smallest absolute Gasteiger partial charge is 0.119 e. The molecule has 1 rings (SSSR count). The Labute approximate surface area is 111 Å². The number of benzene rings is 1. The van der Waals surface area contributed by atoms with E-state index in [1.54, 1.807) is 0 Å². The number of hydrogen-bond donors (Lipinski definition) is 1. The summed E-state index contributed by atoms with van der Waals surface area (Å²) in [5.74, 6) is 0.937. The minimum absolute atomic E-state index is 0.165. The first kappa shape index (κ1) is 15.0. The van der Waals surface area contributed by atoms with Crippen molar-refractivity contribution in [2.45, 2.75) is 20.8 Å². The van der Waals surface area contributed by atoms with Crippen molar-refractivity contribution in [1.82, 2.24) is 4.90 Å². The Morgan fingerprint density at radius 1 is 1.22 bits per heavy atom. The molecule has 0 spiro atoms. The van der Waals surface area contributed by atoms with Crippen molar-refractivity contribution >= 4 is 0 Å². The molecular weight excluding hydrogens is 224 g/mol. The molecule has 0 aliphatic heterocycles. The molecule has 0 radical (unpaired) electrons. The molecule has 0 amide bonds. The van der Waals surface area contributed by atoms with E-state index in [4.69, 9.17) is 10.5 Å². The van der Waals surface area contributed by atoms with Gasteiger partial charge in [-0.05, 0) is 38.1 Å². The molecule has 0 aliphatic rings. The van der Waals surface area contributed by atoms with Crippen LogP contribution in [-0.2, 0) is 0 Å². The van der Waals surface area contributed by atoms with E-state index in [2.05, 4.69) is 44.9 Å². The first-order valence-corrected chi connectivity index (χ1v) is 6.51. The quantitative estimate of drug-likeness (QED) is 0.807. The van der Waals surface area contributed by atoms with E-state index < -0.39 is 0 Å². The minimum Gasteiger partial charge on any atom is -0.492 e. The highest BCUT2D eigenvalue weighted by atomic mass is 16.5. The van der Waals surface area contributed by atoms with Gasteiger partial charge in [-0.1, -0.05) is 31.5 Å². The number of nitrogens with two attached hydrogens (primary N) is 1. The highest BCUT2D eigenvalue weighted by Gasteiger charge is 2.17. The molecule has 0 fully saturated rings. The van der Waals surface area contributed by atoms with Crippen LogP contribution in [0.5, 0.6) is 5.75 Å². The second kappa shape index (κ2) is 6.76. The van der Waals surface area contributed by atoms with Crippen LogP contribution in [0.15, 0.2) is 24.3 Å². The molecule has 102 valence electrons. The third-order valence-corrected chi connectivity index (χ3v) is 3.01. The average Bonchev–Trinajstić information content (AvgIpc) is 2.31. The van der Waals surface area contributed by atoms with Crippen LogP contribution in [0.25, 0.3) is 0 Å². The van der Waals surface area contributed by atoms with Crippen molar-refractivity contribution in [1.29, 1.82) is 0 Å². The molecule has 3 heteroatoms. The fraction of sp³-hybridized carbons (Fsp3) is 0.600. The van der Waals surface area contributed by atoms with Gasteiger partial charge in [0, 0.05) is 13.1 Å². The average molecular weight is 250 g/mol. The van der Waals surface area contributed by atoms with Gasteiger partial charge in [0.1, 0.15) is 12.4 Å². The summed E-state index contributed by atoms with van der Waals surface area (Å²) >= 11 is 0. The lowest BCUT2D eigenvalue weighted by Crippen LogP contribution is -2.38. The predicted octanol–water partition coefficient (Wildman–Crippen LogP) is 2.29. The lowest BCUT2D eigenvalue weighted by atomic mass is 9.93. The summed E-state index contributed by atoms with van der Waals surface area (Å²) in [5, 5.41) is 0. The topological polar surface area (TPSA) is 38.5 Å². The third-order valence-electron chi connectivity index (χ3n) is 3.01. The highest BCUT2D eigenvalue weighted by Crippen LogP contribution is 2.14. The van der Waals surface area contributed by atoms with Crippen LogP contribution >= 0.6 is 0 Å². The largest absolute Gasteiger partial charge is 0.492 e. The molecular formula is C15H26N2O. The first-order chi connectivity index (χ1) is 8.43. The highest BCUT2D eigenvalue weighted by molar-refractivity contribution is 5.26. The van der Waals surface area contributed by atoms with Gasteiger partial charge in [0.05, 0.1) is 0 Å². The lowest BCUT2D eigenvalue weighted by molar-refractivity contribution is 0.181. The number of ether oxygens (including phenoxy) is 1. The lowest BCUT2D eigenvalue weighted by Gasteiger charge is -2.28. The zero-order valence-electron chi connectivity index (χ0n) is 12.1. The molecule has 0 saturated carbocycles.